The lowest BCUT2D eigenvalue weighted by Crippen LogP contribution is -2.27. The van der Waals surface area contributed by atoms with E-state index in [1.165, 1.54) is 30.2 Å². The van der Waals surface area contributed by atoms with Crippen LogP contribution in [-0.2, 0) is 18.3 Å². The second kappa shape index (κ2) is 7.39. The van der Waals surface area contributed by atoms with Gasteiger partial charge in [0.05, 0.1) is 17.3 Å². The van der Waals surface area contributed by atoms with Crippen LogP contribution in [0, 0.1) is 5.82 Å². The highest BCUT2D eigenvalue weighted by atomic mass is 32.2. The summed E-state index contributed by atoms with van der Waals surface area (Å²) in [7, 11) is 1.81. The van der Waals surface area contributed by atoms with Crippen LogP contribution in [0.3, 0.4) is 0 Å². The van der Waals surface area contributed by atoms with Gasteiger partial charge in [0.15, 0.2) is 5.65 Å². The van der Waals surface area contributed by atoms with Gasteiger partial charge in [0.2, 0.25) is 5.91 Å². The highest BCUT2D eigenvalue weighted by Crippen LogP contribution is 2.23. The standard InChI is InChI=1S/C16H16FN5OS/c1-22-15-13(8-21-22)16(20-10-19-15)24-9-14(23)18-7-6-11-2-4-12(17)5-3-11/h2-5,8,10H,6-7,9H2,1H3,(H,18,23). The maximum absolute atomic E-state index is 12.8. The topological polar surface area (TPSA) is 72.7 Å². The van der Waals surface area contributed by atoms with E-state index >= 15 is 0 Å². The maximum Gasteiger partial charge on any atom is 0.230 e. The molecule has 0 spiro atoms. The van der Waals surface area contributed by atoms with Crippen molar-refractivity contribution in [1.82, 2.24) is 25.1 Å². The highest BCUT2D eigenvalue weighted by Gasteiger charge is 2.10. The Bertz CT molecular complexity index is 849. The molecule has 24 heavy (non-hydrogen) atoms. The van der Waals surface area contributed by atoms with E-state index in [0.29, 0.717) is 13.0 Å². The number of carbonyl (C=O) groups is 1. The quantitative estimate of drug-likeness (QED) is 0.546. The van der Waals surface area contributed by atoms with Crippen LogP contribution in [0.1, 0.15) is 5.56 Å². The number of rotatable bonds is 6. The number of nitrogens with zero attached hydrogens (tertiary/aromatic N) is 4. The second-order valence-electron chi connectivity index (χ2n) is 5.20. The average Bonchev–Trinajstić information content (AvgIpc) is 2.97. The van der Waals surface area contributed by atoms with Gasteiger partial charge in [0, 0.05) is 13.6 Å². The first kappa shape index (κ1) is 16.4. The Morgan fingerprint density at radius 1 is 1.29 bits per heavy atom. The van der Waals surface area contributed by atoms with Crippen LogP contribution in [0.25, 0.3) is 11.0 Å². The van der Waals surface area contributed by atoms with E-state index in [9.17, 15) is 9.18 Å². The van der Waals surface area contributed by atoms with Crippen LogP contribution in [-0.4, -0.2) is 38.0 Å². The average molecular weight is 345 g/mol. The van der Waals surface area contributed by atoms with E-state index in [0.717, 1.165) is 21.6 Å². The molecule has 2 aromatic heterocycles. The smallest absolute Gasteiger partial charge is 0.230 e. The first-order valence-electron chi connectivity index (χ1n) is 7.40. The zero-order valence-corrected chi connectivity index (χ0v) is 13.9. The minimum absolute atomic E-state index is 0.0715. The number of aromatic nitrogens is 4. The van der Waals surface area contributed by atoms with Gasteiger partial charge >= 0.3 is 0 Å². The predicted octanol–water partition coefficient (Wildman–Crippen LogP) is 1.95. The molecule has 0 aliphatic heterocycles. The van der Waals surface area contributed by atoms with Gasteiger partial charge in [-0.2, -0.15) is 5.10 Å². The van der Waals surface area contributed by atoms with Crippen LogP contribution in [0.5, 0.6) is 0 Å². The molecule has 0 saturated carbocycles. The number of hydrogen-bond acceptors (Lipinski definition) is 5. The van der Waals surface area contributed by atoms with Crippen molar-refractivity contribution in [2.24, 2.45) is 7.05 Å². The van der Waals surface area contributed by atoms with Crippen molar-refractivity contribution < 1.29 is 9.18 Å². The first-order chi connectivity index (χ1) is 11.6. The van der Waals surface area contributed by atoms with Crippen molar-refractivity contribution in [2.45, 2.75) is 11.4 Å². The van der Waals surface area contributed by atoms with Gasteiger partial charge in [-0.3, -0.25) is 9.48 Å². The third-order valence-electron chi connectivity index (χ3n) is 3.48. The second-order valence-corrected chi connectivity index (χ2v) is 6.16. The van der Waals surface area contributed by atoms with Gasteiger partial charge in [0.1, 0.15) is 17.2 Å². The molecule has 124 valence electrons. The normalized spacial score (nSPS) is 10.9. The molecule has 0 aliphatic rings. The van der Waals surface area contributed by atoms with Crippen molar-refractivity contribution >= 4 is 28.7 Å². The fourth-order valence-electron chi connectivity index (χ4n) is 2.24. The van der Waals surface area contributed by atoms with Crippen molar-refractivity contribution in [1.29, 1.82) is 0 Å². The lowest BCUT2D eigenvalue weighted by molar-refractivity contribution is -0.118. The molecule has 2 heterocycles. The van der Waals surface area contributed by atoms with Crippen LogP contribution in [0.15, 0.2) is 41.8 Å². The summed E-state index contributed by atoms with van der Waals surface area (Å²) >= 11 is 1.35. The van der Waals surface area contributed by atoms with Gasteiger partial charge in [-0.15, -0.1) is 0 Å². The number of fused-ring (bicyclic) bond motifs is 1. The minimum Gasteiger partial charge on any atom is -0.355 e. The highest BCUT2D eigenvalue weighted by molar-refractivity contribution is 8.00. The largest absolute Gasteiger partial charge is 0.355 e. The van der Waals surface area contributed by atoms with E-state index in [2.05, 4.69) is 20.4 Å². The SMILES string of the molecule is Cn1ncc2c(SCC(=O)NCCc3ccc(F)cc3)ncnc21. The third-order valence-corrected chi connectivity index (χ3v) is 4.49. The number of amides is 1. The lowest BCUT2D eigenvalue weighted by atomic mass is 10.1. The first-order valence-corrected chi connectivity index (χ1v) is 8.38. The summed E-state index contributed by atoms with van der Waals surface area (Å²) in [6, 6.07) is 6.27. The number of hydrogen-bond donors (Lipinski definition) is 1. The van der Waals surface area contributed by atoms with Crippen molar-refractivity contribution in [3.05, 3.63) is 48.2 Å². The van der Waals surface area contributed by atoms with Crippen molar-refractivity contribution in [2.75, 3.05) is 12.3 Å². The third kappa shape index (κ3) is 3.88. The summed E-state index contributed by atoms with van der Waals surface area (Å²) in [4.78, 5) is 20.3. The Morgan fingerprint density at radius 3 is 2.88 bits per heavy atom. The number of aryl methyl sites for hydroxylation is 1. The molecule has 3 rings (SSSR count). The number of thioether (sulfide) groups is 1. The zero-order chi connectivity index (χ0) is 16.9. The van der Waals surface area contributed by atoms with Crippen molar-refractivity contribution in [3.8, 4) is 0 Å². The maximum atomic E-state index is 12.8. The van der Waals surface area contributed by atoms with Crippen LogP contribution < -0.4 is 5.32 Å². The molecule has 0 saturated heterocycles. The van der Waals surface area contributed by atoms with Crippen LogP contribution >= 0.6 is 11.8 Å². The summed E-state index contributed by atoms with van der Waals surface area (Å²) in [6.07, 6.45) is 3.83. The van der Waals surface area contributed by atoms with E-state index in [1.807, 2.05) is 7.05 Å². The molecular weight excluding hydrogens is 329 g/mol. The molecule has 8 heteroatoms. The molecule has 0 unspecified atom stereocenters. The van der Waals surface area contributed by atoms with Gasteiger partial charge in [-0.25, -0.2) is 14.4 Å². The Labute approximate surface area is 142 Å². The summed E-state index contributed by atoms with van der Waals surface area (Å²) in [5, 5.41) is 8.57. The summed E-state index contributed by atoms with van der Waals surface area (Å²) in [5.74, 6) is -0.0618. The Balaban J connectivity index is 1.49. The molecule has 1 N–H and O–H groups in total. The number of nitrogens with one attached hydrogen (secondary N) is 1. The minimum atomic E-state index is -0.259. The van der Waals surface area contributed by atoms with Crippen LogP contribution in [0.4, 0.5) is 4.39 Å². The zero-order valence-electron chi connectivity index (χ0n) is 13.1. The molecular formula is C16H16FN5OS. The molecule has 6 nitrogen and oxygen atoms in total. The fourth-order valence-corrected chi connectivity index (χ4v) is 3.03. The van der Waals surface area contributed by atoms with Gasteiger partial charge < -0.3 is 5.32 Å². The summed E-state index contributed by atoms with van der Waals surface area (Å²) < 4.78 is 14.5. The Morgan fingerprint density at radius 2 is 2.08 bits per heavy atom. The monoisotopic (exact) mass is 345 g/mol. The Kier molecular flexibility index (Phi) is 5.05. The Hall–Kier alpha value is -2.48. The van der Waals surface area contributed by atoms with Gasteiger partial charge in [0.25, 0.3) is 0 Å². The van der Waals surface area contributed by atoms with E-state index in [4.69, 9.17) is 0 Å². The van der Waals surface area contributed by atoms with E-state index in [1.54, 1.807) is 23.0 Å². The number of halogens is 1. The molecule has 0 fully saturated rings. The molecule has 0 aliphatic carbocycles. The molecule has 1 aromatic carbocycles. The summed E-state index contributed by atoms with van der Waals surface area (Å²) in [6.45, 7) is 0.511. The van der Waals surface area contributed by atoms with Gasteiger partial charge in [-0.05, 0) is 24.1 Å². The lowest BCUT2D eigenvalue weighted by Gasteiger charge is -2.05. The van der Waals surface area contributed by atoms with Crippen molar-refractivity contribution in [3.63, 3.8) is 0 Å². The number of benzene rings is 1. The fraction of sp³-hybridized carbons (Fsp3) is 0.250. The molecule has 0 atom stereocenters. The van der Waals surface area contributed by atoms with Gasteiger partial charge in [-0.1, -0.05) is 23.9 Å². The van der Waals surface area contributed by atoms with E-state index < -0.39 is 0 Å². The molecule has 3 aromatic rings. The number of carbonyl (C=O) groups excluding carboxylic acids is 1. The predicted molar refractivity (Wildman–Crippen MR) is 90.1 cm³/mol. The van der Waals surface area contributed by atoms with E-state index in [-0.39, 0.29) is 17.5 Å². The van der Waals surface area contributed by atoms with Crippen LogP contribution in [0.2, 0.25) is 0 Å². The molecule has 0 radical (unpaired) electrons. The molecule has 1 amide bonds. The summed E-state index contributed by atoms with van der Waals surface area (Å²) in [5.41, 5.74) is 1.72. The molecule has 0 bridgehead atoms.